The highest BCUT2D eigenvalue weighted by Crippen LogP contribution is 2.36. The second kappa shape index (κ2) is 11.3. The molecule has 3 rings (SSSR count). The standard InChI is InChI=1S/C23H27N3O8/c1-31-10-11-34-21-14-19(26(29)30)16(13-20(21)32-2)22(27)24-17-12-15(23(28)33-3)6-7-18(17)25-8-4-5-9-25/h6-7,12-14H,4-5,8-11H2,1-3H3,(H,24,27). The summed E-state index contributed by atoms with van der Waals surface area (Å²) < 4.78 is 20.5. The van der Waals surface area contributed by atoms with Crippen molar-refractivity contribution in [3.63, 3.8) is 0 Å². The molecule has 34 heavy (non-hydrogen) atoms. The van der Waals surface area contributed by atoms with Gasteiger partial charge in [-0.25, -0.2) is 4.79 Å². The number of nitrogens with one attached hydrogen (secondary N) is 1. The van der Waals surface area contributed by atoms with E-state index in [4.69, 9.17) is 18.9 Å². The highest BCUT2D eigenvalue weighted by atomic mass is 16.6. The molecule has 1 aliphatic heterocycles. The Morgan fingerprint density at radius 2 is 1.79 bits per heavy atom. The first-order chi connectivity index (χ1) is 16.4. The molecule has 1 fully saturated rings. The fraction of sp³-hybridized carbons (Fsp3) is 0.391. The molecule has 11 heteroatoms. The van der Waals surface area contributed by atoms with Crippen molar-refractivity contribution < 1.29 is 33.5 Å². The van der Waals surface area contributed by atoms with E-state index in [2.05, 4.69) is 10.2 Å². The quantitative estimate of drug-likeness (QED) is 0.239. The molecule has 0 unspecified atom stereocenters. The third-order valence-corrected chi connectivity index (χ3v) is 5.38. The van der Waals surface area contributed by atoms with Crippen molar-refractivity contribution in [1.29, 1.82) is 0 Å². The minimum Gasteiger partial charge on any atom is -0.493 e. The monoisotopic (exact) mass is 473 g/mol. The SMILES string of the molecule is COCCOc1cc([N+](=O)[O-])c(C(=O)Nc2cc(C(=O)OC)ccc2N2CCCC2)cc1OC. The van der Waals surface area contributed by atoms with Gasteiger partial charge < -0.3 is 29.2 Å². The number of nitro groups is 1. The number of anilines is 2. The molecule has 11 nitrogen and oxygen atoms in total. The molecule has 0 bridgehead atoms. The van der Waals surface area contributed by atoms with Crippen molar-refractivity contribution in [2.45, 2.75) is 12.8 Å². The van der Waals surface area contributed by atoms with Gasteiger partial charge in [0.1, 0.15) is 12.2 Å². The summed E-state index contributed by atoms with van der Waals surface area (Å²) in [5.74, 6) is -1.01. The smallest absolute Gasteiger partial charge is 0.337 e. The largest absolute Gasteiger partial charge is 0.493 e. The van der Waals surface area contributed by atoms with E-state index >= 15 is 0 Å². The molecule has 1 amide bonds. The average Bonchev–Trinajstić information content (AvgIpc) is 3.37. The maximum atomic E-state index is 13.2. The molecular formula is C23H27N3O8. The maximum Gasteiger partial charge on any atom is 0.337 e. The number of methoxy groups -OCH3 is 3. The second-order valence-electron chi connectivity index (χ2n) is 7.49. The Hall–Kier alpha value is -3.86. The number of nitro benzene ring substituents is 1. The molecular weight excluding hydrogens is 446 g/mol. The maximum absolute atomic E-state index is 13.2. The summed E-state index contributed by atoms with van der Waals surface area (Å²) in [6.45, 7) is 2.01. The van der Waals surface area contributed by atoms with Crippen LogP contribution in [0.3, 0.4) is 0 Å². The Bertz CT molecular complexity index is 1070. The molecule has 1 heterocycles. The number of hydrogen-bond acceptors (Lipinski definition) is 9. The van der Waals surface area contributed by atoms with E-state index < -0.39 is 22.5 Å². The van der Waals surface area contributed by atoms with Gasteiger partial charge >= 0.3 is 5.97 Å². The van der Waals surface area contributed by atoms with Gasteiger partial charge in [-0.1, -0.05) is 0 Å². The van der Waals surface area contributed by atoms with E-state index in [1.807, 2.05) is 0 Å². The van der Waals surface area contributed by atoms with Crippen LogP contribution in [-0.4, -0.2) is 64.4 Å². The third kappa shape index (κ3) is 5.54. The Balaban J connectivity index is 1.99. The van der Waals surface area contributed by atoms with Crippen molar-refractivity contribution in [3.8, 4) is 11.5 Å². The van der Waals surface area contributed by atoms with Gasteiger partial charge in [0.05, 0.1) is 48.8 Å². The fourth-order valence-electron chi connectivity index (χ4n) is 3.69. The number of carbonyl (C=O) groups is 2. The summed E-state index contributed by atoms with van der Waals surface area (Å²) in [6, 6.07) is 7.26. The van der Waals surface area contributed by atoms with Gasteiger partial charge in [-0.2, -0.15) is 0 Å². The van der Waals surface area contributed by atoms with Crippen LogP contribution in [0.15, 0.2) is 30.3 Å². The molecule has 1 aliphatic rings. The lowest BCUT2D eigenvalue weighted by atomic mass is 10.1. The second-order valence-corrected chi connectivity index (χ2v) is 7.49. The Kier molecular flexibility index (Phi) is 8.25. The van der Waals surface area contributed by atoms with E-state index in [9.17, 15) is 19.7 Å². The van der Waals surface area contributed by atoms with Crippen molar-refractivity contribution in [2.24, 2.45) is 0 Å². The topological polar surface area (TPSA) is 129 Å². The minimum absolute atomic E-state index is 0.119. The molecule has 2 aromatic carbocycles. The van der Waals surface area contributed by atoms with Crippen molar-refractivity contribution in [2.75, 3.05) is 57.8 Å². The molecule has 1 N–H and O–H groups in total. The van der Waals surface area contributed by atoms with Gasteiger partial charge in [0.15, 0.2) is 11.5 Å². The van der Waals surface area contributed by atoms with E-state index in [1.54, 1.807) is 12.1 Å². The fourth-order valence-corrected chi connectivity index (χ4v) is 3.69. The van der Waals surface area contributed by atoms with E-state index in [0.29, 0.717) is 11.4 Å². The van der Waals surface area contributed by atoms with Crippen LogP contribution in [0.1, 0.15) is 33.6 Å². The number of benzene rings is 2. The van der Waals surface area contributed by atoms with Crippen LogP contribution in [0.4, 0.5) is 17.1 Å². The zero-order valence-electron chi connectivity index (χ0n) is 19.3. The lowest BCUT2D eigenvalue weighted by Gasteiger charge is -2.22. The molecule has 0 aliphatic carbocycles. The van der Waals surface area contributed by atoms with Crippen LogP contribution in [0.2, 0.25) is 0 Å². The molecule has 182 valence electrons. The number of rotatable bonds is 10. The zero-order chi connectivity index (χ0) is 24.7. The molecule has 2 aromatic rings. The van der Waals surface area contributed by atoms with Gasteiger partial charge in [0.2, 0.25) is 0 Å². The van der Waals surface area contributed by atoms with Crippen molar-refractivity contribution in [1.82, 2.24) is 0 Å². The van der Waals surface area contributed by atoms with Gasteiger partial charge in [0.25, 0.3) is 11.6 Å². The van der Waals surface area contributed by atoms with Crippen LogP contribution < -0.4 is 19.7 Å². The lowest BCUT2D eigenvalue weighted by molar-refractivity contribution is -0.385. The molecule has 0 radical (unpaired) electrons. The Labute approximate surface area is 196 Å². The highest BCUT2D eigenvalue weighted by Gasteiger charge is 2.27. The van der Waals surface area contributed by atoms with Gasteiger partial charge in [-0.15, -0.1) is 0 Å². The van der Waals surface area contributed by atoms with Gasteiger partial charge in [-0.3, -0.25) is 14.9 Å². The number of hydrogen-bond donors (Lipinski definition) is 1. The third-order valence-electron chi connectivity index (χ3n) is 5.38. The first kappa shape index (κ1) is 24.8. The zero-order valence-corrected chi connectivity index (χ0v) is 19.3. The van der Waals surface area contributed by atoms with Crippen molar-refractivity contribution in [3.05, 3.63) is 51.6 Å². The number of esters is 1. The molecule has 1 saturated heterocycles. The summed E-state index contributed by atoms with van der Waals surface area (Å²) in [7, 11) is 4.14. The van der Waals surface area contributed by atoms with Gasteiger partial charge in [-0.05, 0) is 31.0 Å². The molecule has 0 atom stereocenters. The van der Waals surface area contributed by atoms with Crippen LogP contribution in [0, 0.1) is 10.1 Å². The van der Waals surface area contributed by atoms with Gasteiger partial charge in [0, 0.05) is 26.3 Å². The summed E-state index contributed by atoms with van der Waals surface area (Å²) in [6.07, 6.45) is 2.00. The molecule has 0 saturated carbocycles. The Morgan fingerprint density at radius 1 is 1.06 bits per heavy atom. The lowest BCUT2D eigenvalue weighted by Crippen LogP contribution is -2.22. The Morgan fingerprint density at radius 3 is 2.41 bits per heavy atom. The predicted octanol–water partition coefficient (Wildman–Crippen LogP) is 3.27. The normalized spacial score (nSPS) is 12.9. The van der Waals surface area contributed by atoms with E-state index in [-0.39, 0.29) is 35.8 Å². The van der Waals surface area contributed by atoms with Crippen molar-refractivity contribution >= 4 is 28.9 Å². The van der Waals surface area contributed by atoms with Crippen LogP contribution in [0.5, 0.6) is 11.5 Å². The highest BCUT2D eigenvalue weighted by molar-refractivity contribution is 6.09. The predicted molar refractivity (Wildman–Crippen MR) is 124 cm³/mol. The number of nitrogens with zero attached hydrogens (tertiary/aromatic N) is 2. The summed E-state index contributed by atoms with van der Waals surface area (Å²) in [4.78, 5) is 38.5. The first-order valence-electron chi connectivity index (χ1n) is 10.7. The number of amides is 1. The molecule has 0 spiro atoms. The van der Waals surface area contributed by atoms with Crippen LogP contribution >= 0.6 is 0 Å². The van der Waals surface area contributed by atoms with Crippen LogP contribution in [-0.2, 0) is 9.47 Å². The average molecular weight is 473 g/mol. The summed E-state index contributed by atoms with van der Waals surface area (Å²) in [5.41, 5.74) is 0.653. The van der Waals surface area contributed by atoms with E-state index in [0.717, 1.165) is 32.0 Å². The number of ether oxygens (including phenoxy) is 4. The van der Waals surface area contributed by atoms with Crippen LogP contribution in [0.25, 0.3) is 0 Å². The summed E-state index contributed by atoms with van der Waals surface area (Å²) >= 11 is 0. The first-order valence-corrected chi connectivity index (χ1v) is 10.7. The summed E-state index contributed by atoms with van der Waals surface area (Å²) in [5, 5.41) is 14.5. The molecule has 0 aromatic heterocycles. The number of carbonyl (C=O) groups excluding carboxylic acids is 2. The minimum atomic E-state index is -0.726. The van der Waals surface area contributed by atoms with E-state index in [1.165, 1.54) is 33.5 Å².